The van der Waals surface area contributed by atoms with Crippen LogP contribution in [0.15, 0.2) is 36.5 Å². The van der Waals surface area contributed by atoms with E-state index in [1.807, 2.05) is 0 Å². The molecule has 0 radical (unpaired) electrons. The Morgan fingerprint density at radius 3 is 0.951 bits per heavy atom. The van der Waals surface area contributed by atoms with Gasteiger partial charge >= 0.3 is 0 Å². The standard InChI is InChI=1S/C40H74O/c1-3-5-7-9-11-13-15-17-19-21-22-23-25-27-29-31-33-35-37-39-40(41)38-36-34-32-30-28-26-24-20-18-16-14-12-10-8-6-4-2/h21-22,24-27H,3-20,23,28-39H2,1-2H3/b22-21-,26-24+,27-25-. The summed E-state index contributed by atoms with van der Waals surface area (Å²) in [4.78, 5) is 12.1. The molecule has 1 nitrogen and oxygen atoms in total. The molecule has 0 aromatic carbocycles. The second-order valence-electron chi connectivity index (χ2n) is 12.6. The first-order valence-corrected chi connectivity index (χ1v) is 18.8. The SMILES string of the molecule is CCCCCCCCCC/C=C\C/C=C\CCCCCCC(=O)CCCCCC/C=C/CCCCCCCCCC. The number of Topliss-reactive ketones (excluding diaryl/α,β-unsaturated/α-hetero) is 1. The number of carbonyl (C=O) groups excluding carboxylic acids is 1. The van der Waals surface area contributed by atoms with Gasteiger partial charge in [-0.05, 0) is 70.6 Å². The molecule has 41 heavy (non-hydrogen) atoms. The van der Waals surface area contributed by atoms with E-state index in [0.29, 0.717) is 5.78 Å². The third-order valence-electron chi connectivity index (χ3n) is 8.37. The van der Waals surface area contributed by atoms with Crippen LogP contribution in [0.2, 0.25) is 0 Å². The Morgan fingerprint density at radius 2 is 0.610 bits per heavy atom. The molecule has 0 rings (SSSR count). The number of hydrogen-bond donors (Lipinski definition) is 0. The summed E-state index contributed by atoms with van der Waals surface area (Å²) in [7, 11) is 0. The van der Waals surface area contributed by atoms with Crippen molar-refractivity contribution in [1.82, 2.24) is 0 Å². The molecule has 0 amide bonds. The quantitative estimate of drug-likeness (QED) is 0.0555. The average molecular weight is 571 g/mol. The Labute approximate surface area is 259 Å². The molecule has 0 spiro atoms. The Hall–Kier alpha value is -1.11. The maximum absolute atomic E-state index is 12.1. The van der Waals surface area contributed by atoms with Gasteiger partial charge in [0.1, 0.15) is 5.78 Å². The molecule has 1 heteroatoms. The number of carbonyl (C=O) groups is 1. The summed E-state index contributed by atoms with van der Waals surface area (Å²) in [6.07, 6.45) is 54.0. The number of allylic oxidation sites excluding steroid dienone is 6. The molecule has 0 aliphatic rings. The molecular formula is C40H74O. The van der Waals surface area contributed by atoms with E-state index in [1.54, 1.807) is 0 Å². The van der Waals surface area contributed by atoms with E-state index in [1.165, 1.54) is 167 Å². The third-order valence-corrected chi connectivity index (χ3v) is 8.37. The number of hydrogen-bond acceptors (Lipinski definition) is 1. The summed E-state index contributed by atoms with van der Waals surface area (Å²) in [6, 6.07) is 0. The highest BCUT2D eigenvalue weighted by atomic mass is 16.1. The topological polar surface area (TPSA) is 17.1 Å². The maximum atomic E-state index is 12.1. The van der Waals surface area contributed by atoms with Crippen LogP contribution in [0, 0.1) is 0 Å². The first-order chi connectivity index (χ1) is 20.3. The van der Waals surface area contributed by atoms with Gasteiger partial charge in [-0.25, -0.2) is 0 Å². The van der Waals surface area contributed by atoms with Gasteiger partial charge in [0.05, 0.1) is 0 Å². The number of unbranched alkanes of at least 4 members (excludes halogenated alkanes) is 24. The van der Waals surface area contributed by atoms with Crippen molar-refractivity contribution in [3.05, 3.63) is 36.5 Å². The van der Waals surface area contributed by atoms with E-state index in [4.69, 9.17) is 0 Å². The maximum Gasteiger partial charge on any atom is 0.132 e. The van der Waals surface area contributed by atoms with E-state index in [9.17, 15) is 4.79 Å². The van der Waals surface area contributed by atoms with Crippen molar-refractivity contribution >= 4 is 5.78 Å². The van der Waals surface area contributed by atoms with Crippen molar-refractivity contribution in [2.75, 3.05) is 0 Å². The van der Waals surface area contributed by atoms with Gasteiger partial charge in [0.25, 0.3) is 0 Å². The summed E-state index contributed by atoms with van der Waals surface area (Å²) >= 11 is 0. The van der Waals surface area contributed by atoms with Crippen LogP contribution >= 0.6 is 0 Å². The zero-order chi connectivity index (χ0) is 29.7. The fourth-order valence-corrected chi connectivity index (χ4v) is 5.54. The second kappa shape index (κ2) is 36.9. The van der Waals surface area contributed by atoms with Crippen molar-refractivity contribution in [2.45, 2.75) is 213 Å². The first-order valence-electron chi connectivity index (χ1n) is 18.8. The van der Waals surface area contributed by atoms with Gasteiger partial charge in [0.15, 0.2) is 0 Å². The molecule has 0 unspecified atom stereocenters. The molecule has 0 fully saturated rings. The molecule has 0 aliphatic carbocycles. The predicted molar refractivity (Wildman–Crippen MR) is 187 cm³/mol. The van der Waals surface area contributed by atoms with Crippen molar-refractivity contribution in [1.29, 1.82) is 0 Å². The summed E-state index contributed by atoms with van der Waals surface area (Å²) < 4.78 is 0. The monoisotopic (exact) mass is 571 g/mol. The van der Waals surface area contributed by atoms with Gasteiger partial charge in [-0.1, -0.05) is 166 Å². The summed E-state index contributed by atoms with van der Waals surface area (Å²) in [5.74, 6) is 0.494. The van der Waals surface area contributed by atoms with Crippen LogP contribution in [0.5, 0.6) is 0 Å². The van der Waals surface area contributed by atoms with Crippen molar-refractivity contribution in [2.24, 2.45) is 0 Å². The summed E-state index contributed by atoms with van der Waals surface area (Å²) in [5, 5.41) is 0. The van der Waals surface area contributed by atoms with Gasteiger partial charge in [0, 0.05) is 12.8 Å². The molecule has 0 atom stereocenters. The Bertz CT molecular complexity index is 584. The number of ketones is 1. The minimum absolute atomic E-state index is 0.494. The Kier molecular flexibility index (Phi) is 35.9. The normalized spacial score (nSPS) is 12.0. The molecule has 0 aromatic heterocycles. The predicted octanol–water partition coefficient (Wildman–Crippen LogP) is 14.4. The van der Waals surface area contributed by atoms with Crippen LogP contribution in [0.4, 0.5) is 0 Å². The molecule has 0 saturated heterocycles. The highest BCUT2D eigenvalue weighted by molar-refractivity contribution is 5.78. The van der Waals surface area contributed by atoms with Gasteiger partial charge in [0.2, 0.25) is 0 Å². The molecule has 0 saturated carbocycles. The highest BCUT2D eigenvalue weighted by Gasteiger charge is 2.01. The molecular weight excluding hydrogens is 496 g/mol. The minimum atomic E-state index is 0.494. The van der Waals surface area contributed by atoms with Crippen LogP contribution in [0.1, 0.15) is 213 Å². The van der Waals surface area contributed by atoms with E-state index in [2.05, 4.69) is 50.3 Å². The lowest BCUT2D eigenvalue weighted by Gasteiger charge is -2.02. The molecule has 0 heterocycles. The van der Waals surface area contributed by atoms with Crippen LogP contribution in [0.25, 0.3) is 0 Å². The van der Waals surface area contributed by atoms with Gasteiger partial charge in [-0.3, -0.25) is 4.79 Å². The smallest absolute Gasteiger partial charge is 0.132 e. The second-order valence-corrected chi connectivity index (χ2v) is 12.6. The fraction of sp³-hybridized carbons (Fsp3) is 0.825. The molecule has 0 aromatic rings. The van der Waals surface area contributed by atoms with Crippen LogP contribution < -0.4 is 0 Å². The van der Waals surface area contributed by atoms with Crippen LogP contribution in [-0.4, -0.2) is 5.78 Å². The molecule has 0 aliphatic heterocycles. The van der Waals surface area contributed by atoms with Crippen molar-refractivity contribution < 1.29 is 4.79 Å². The lowest BCUT2D eigenvalue weighted by Crippen LogP contribution is -1.97. The van der Waals surface area contributed by atoms with Gasteiger partial charge in [-0.2, -0.15) is 0 Å². The van der Waals surface area contributed by atoms with E-state index < -0.39 is 0 Å². The molecule has 0 bridgehead atoms. The van der Waals surface area contributed by atoms with Crippen molar-refractivity contribution in [3.8, 4) is 0 Å². The van der Waals surface area contributed by atoms with E-state index in [0.717, 1.165) is 32.1 Å². The first kappa shape index (κ1) is 39.9. The number of rotatable bonds is 34. The van der Waals surface area contributed by atoms with Gasteiger partial charge in [-0.15, -0.1) is 0 Å². The van der Waals surface area contributed by atoms with Crippen molar-refractivity contribution in [3.63, 3.8) is 0 Å². The van der Waals surface area contributed by atoms with Crippen LogP contribution in [-0.2, 0) is 4.79 Å². The van der Waals surface area contributed by atoms with E-state index >= 15 is 0 Å². The lowest BCUT2D eigenvalue weighted by atomic mass is 10.0. The Morgan fingerprint density at radius 1 is 0.341 bits per heavy atom. The average Bonchev–Trinajstić information content (AvgIpc) is 2.98. The molecule has 0 N–H and O–H groups in total. The summed E-state index contributed by atoms with van der Waals surface area (Å²) in [5.41, 5.74) is 0. The zero-order valence-corrected chi connectivity index (χ0v) is 28.3. The lowest BCUT2D eigenvalue weighted by molar-refractivity contribution is -0.119. The zero-order valence-electron chi connectivity index (χ0n) is 28.3. The van der Waals surface area contributed by atoms with Crippen LogP contribution in [0.3, 0.4) is 0 Å². The largest absolute Gasteiger partial charge is 0.300 e. The third kappa shape index (κ3) is 36.9. The molecule has 240 valence electrons. The Balaban J connectivity index is 3.29. The fourth-order valence-electron chi connectivity index (χ4n) is 5.54. The highest BCUT2D eigenvalue weighted by Crippen LogP contribution is 2.13. The van der Waals surface area contributed by atoms with E-state index in [-0.39, 0.29) is 0 Å². The summed E-state index contributed by atoms with van der Waals surface area (Å²) in [6.45, 7) is 4.57. The minimum Gasteiger partial charge on any atom is -0.300 e. The van der Waals surface area contributed by atoms with Gasteiger partial charge < -0.3 is 0 Å².